The zero-order valence-electron chi connectivity index (χ0n) is 9.22. The number of piperidine rings is 1. The number of aromatic nitrogens is 2. The second kappa shape index (κ2) is 4.92. The molecule has 1 aliphatic rings. The van der Waals surface area contributed by atoms with Crippen LogP contribution in [0.1, 0.15) is 19.3 Å². The third-order valence-corrected chi connectivity index (χ3v) is 2.79. The summed E-state index contributed by atoms with van der Waals surface area (Å²) in [5, 5.41) is 0. The van der Waals surface area contributed by atoms with Crippen LogP contribution in [0.25, 0.3) is 0 Å². The van der Waals surface area contributed by atoms with Gasteiger partial charge in [0, 0.05) is 12.7 Å². The molecule has 1 radical (unpaired) electrons. The molecule has 2 rings (SSSR count). The van der Waals surface area contributed by atoms with Crippen molar-refractivity contribution in [2.45, 2.75) is 25.3 Å². The van der Waals surface area contributed by atoms with Gasteiger partial charge in [0.05, 0.1) is 7.11 Å². The van der Waals surface area contributed by atoms with Gasteiger partial charge in [-0.15, -0.1) is 0 Å². The predicted molar refractivity (Wildman–Crippen MR) is 57.9 cm³/mol. The minimum absolute atomic E-state index is 0.196. The number of carbonyl (C=O) groups is 1. The van der Waals surface area contributed by atoms with Crippen molar-refractivity contribution in [1.29, 1.82) is 0 Å². The average molecular weight is 220 g/mol. The maximum absolute atomic E-state index is 11.6. The van der Waals surface area contributed by atoms with Gasteiger partial charge in [0.25, 0.3) is 0 Å². The Kier molecular flexibility index (Phi) is 3.34. The number of hydrogen-bond acceptors (Lipinski definition) is 5. The van der Waals surface area contributed by atoms with Crippen LogP contribution in [0.4, 0.5) is 5.82 Å². The SMILES string of the molecule is COC(=O)C1CCCCN1c1ccn[c]n1. The number of hydrogen-bond donors (Lipinski definition) is 0. The first-order valence-corrected chi connectivity index (χ1v) is 5.36. The second-order valence-corrected chi connectivity index (χ2v) is 3.74. The van der Waals surface area contributed by atoms with Crippen LogP contribution < -0.4 is 4.90 Å². The first-order chi connectivity index (χ1) is 7.83. The van der Waals surface area contributed by atoms with Gasteiger partial charge in [-0.05, 0) is 25.3 Å². The van der Waals surface area contributed by atoms with Crippen LogP contribution in [-0.2, 0) is 9.53 Å². The molecule has 0 bridgehead atoms. The van der Waals surface area contributed by atoms with Crippen LogP contribution in [0.3, 0.4) is 0 Å². The Bertz CT molecular complexity index is 356. The van der Waals surface area contributed by atoms with Gasteiger partial charge in [0.2, 0.25) is 0 Å². The molecule has 0 aromatic carbocycles. The number of methoxy groups -OCH3 is 1. The fraction of sp³-hybridized carbons (Fsp3) is 0.545. The summed E-state index contributed by atoms with van der Waals surface area (Å²) < 4.78 is 4.81. The summed E-state index contributed by atoms with van der Waals surface area (Å²) in [4.78, 5) is 21.4. The molecule has 1 aromatic rings. The zero-order valence-corrected chi connectivity index (χ0v) is 9.22. The molecule has 85 valence electrons. The predicted octanol–water partition coefficient (Wildman–Crippen LogP) is 0.809. The van der Waals surface area contributed by atoms with Crippen molar-refractivity contribution in [3.05, 3.63) is 18.6 Å². The highest BCUT2D eigenvalue weighted by atomic mass is 16.5. The second-order valence-electron chi connectivity index (χ2n) is 3.74. The normalized spacial score (nSPS) is 20.6. The fourth-order valence-electron chi connectivity index (χ4n) is 2.00. The van der Waals surface area contributed by atoms with E-state index in [1.54, 1.807) is 12.3 Å². The number of esters is 1. The molecule has 0 spiro atoms. The standard InChI is InChI=1S/C11H14N3O2/c1-16-11(15)9-4-2-3-7-14(9)10-5-6-12-8-13-10/h5-6,9H,2-4,7H2,1H3. The number of nitrogens with zero attached hydrogens (tertiary/aromatic N) is 3. The van der Waals surface area contributed by atoms with E-state index < -0.39 is 0 Å². The minimum atomic E-state index is -0.220. The van der Waals surface area contributed by atoms with E-state index in [9.17, 15) is 4.79 Å². The van der Waals surface area contributed by atoms with Crippen LogP contribution in [0, 0.1) is 6.33 Å². The van der Waals surface area contributed by atoms with E-state index in [0.29, 0.717) is 0 Å². The highest BCUT2D eigenvalue weighted by molar-refractivity contribution is 5.79. The molecule has 2 heterocycles. The summed E-state index contributed by atoms with van der Waals surface area (Å²) in [5.41, 5.74) is 0. The van der Waals surface area contributed by atoms with Gasteiger partial charge in [-0.1, -0.05) is 0 Å². The highest BCUT2D eigenvalue weighted by Gasteiger charge is 2.30. The van der Waals surface area contributed by atoms with Crippen molar-refractivity contribution in [3.8, 4) is 0 Å². The molecule has 1 aromatic heterocycles. The molecular formula is C11H14N3O2. The lowest BCUT2D eigenvalue weighted by Crippen LogP contribution is -2.45. The van der Waals surface area contributed by atoms with Gasteiger partial charge in [0.1, 0.15) is 11.9 Å². The molecule has 0 saturated carbocycles. The smallest absolute Gasteiger partial charge is 0.328 e. The summed E-state index contributed by atoms with van der Waals surface area (Å²) in [6, 6.07) is 1.57. The number of anilines is 1. The van der Waals surface area contributed by atoms with Crippen molar-refractivity contribution in [1.82, 2.24) is 9.97 Å². The van der Waals surface area contributed by atoms with Crippen LogP contribution in [0.5, 0.6) is 0 Å². The highest BCUT2D eigenvalue weighted by Crippen LogP contribution is 2.22. The van der Waals surface area contributed by atoms with Gasteiger partial charge in [-0.2, -0.15) is 0 Å². The van der Waals surface area contributed by atoms with E-state index in [2.05, 4.69) is 16.3 Å². The van der Waals surface area contributed by atoms with E-state index in [1.165, 1.54) is 7.11 Å². The molecule has 0 aliphatic carbocycles. The molecule has 0 amide bonds. The summed E-state index contributed by atoms with van der Waals surface area (Å²) in [7, 11) is 1.42. The number of ether oxygens (including phenoxy) is 1. The van der Waals surface area contributed by atoms with Crippen LogP contribution in [-0.4, -0.2) is 35.6 Å². The summed E-state index contributed by atoms with van der Waals surface area (Å²) in [6.45, 7) is 0.824. The Hall–Kier alpha value is -1.65. The van der Waals surface area contributed by atoms with E-state index in [-0.39, 0.29) is 12.0 Å². The number of rotatable bonds is 2. The molecule has 1 unspecified atom stereocenters. The third kappa shape index (κ3) is 2.13. The first kappa shape index (κ1) is 10.9. The lowest BCUT2D eigenvalue weighted by atomic mass is 10.0. The van der Waals surface area contributed by atoms with Gasteiger partial charge in [0.15, 0.2) is 6.33 Å². The van der Waals surface area contributed by atoms with Crippen molar-refractivity contribution >= 4 is 11.8 Å². The topological polar surface area (TPSA) is 55.3 Å². The Labute approximate surface area is 94.5 Å². The van der Waals surface area contributed by atoms with E-state index in [1.807, 2.05) is 4.90 Å². The van der Waals surface area contributed by atoms with E-state index in [4.69, 9.17) is 4.74 Å². The molecule has 1 saturated heterocycles. The largest absolute Gasteiger partial charge is 0.467 e. The van der Waals surface area contributed by atoms with Crippen molar-refractivity contribution in [2.24, 2.45) is 0 Å². The van der Waals surface area contributed by atoms with Crippen LogP contribution >= 0.6 is 0 Å². The molecule has 16 heavy (non-hydrogen) atoms. The third-order valence-electron chi connectivity index (χ3n) is 2.79. The van der Waals surface area contributed by atoms with Gasteiger partial charge in [-0.3, -0.25) is 0 Å². The van der Waals surface area contributed by atoms with Crippen molar-refractivity contribution in [3.63, 3.8) is 0 Å². The Morgan fingerprint density at radius 2 is 2.50 bits per heavy atom. The minimum Gasteiger partial charge on any atom is -0.467 e. The van der Waals surface area contributed by atoms with Crippen LogP contribution in [0.15, 0.2) is 12.3 Å². The maximum atomic E-state index is 11.6. The molecule has 5 heteroatoms. The summed E-state index contributed by atoms with van der Waals surface area (Å²) in [5.74, 6) is 0.545. The molecular weight excluding hydrogens is 206 g/mol. The molecule has 5 nitrogen and oxygen atoms in total. The molecule has 0 N–H and O–H groups in total. The average Bonchev–Trinajstić information content (AvgIpc) is 2.39. The molecule has 1 aliphatic heterocycles. The van der Waals surface area contributed by atoms with Gasteiger partial charge < -0.3 is 9.64 Å². The monoisotopic (exact) mass is 220 g/mol. The fourth-order valence-corrected chi connectivity index (χ4v) is 2.00. The quantitative estimate of drug-likeness (QED) is 0.690. The lowest BCUT2D eigenvalue weighted by Gasteiger charge is -2.34. The van der Waals surface area contributed by atoms with Crippen molar-refractivity contribution < 1.29 is 9.53 Å². The Morgan fingerprint density at radius 3 is 3.19 bits per heavy atom. The van der Waals surface area contributed by atoms with Gasteiger partial charge >= 0.3 is 5.97 Å². The molecule has 1 fully saturated rings. The summed E-state index contributed by atoms with van der Waals surface area (Å²) >= 11 is 0. The zero-order chi connectivity index (χ0) is 11.4. The first-order valence-electron chi connectivity index (χ1n) is 5.36. The Balaban J connectivity index is 2.20. The number of carbonyl (C=O) groups excluding carboxylic acids is 1. The van der Waals surface area contributed by atoms with Crippen LogP contribution in [0.2, 0.25) is 0 Å². The van der Waals surface area contributed by atoms with E-state index >= 15 is 0 Å². The van der Waals surface area contributed by atoms with Gasteiger partial charge in [-0.25, -0.2) is 14.8 Å². The Morgan fingerprint density at radius 1 is 1.62 bits per heavy atom. The van der Waals surface area contributed by atoms with Crippen molar-refractivity contribution in [2.75, 3.05) is 18.6 Å². The molecule has 1 atom stereocenters. The lowest BCUT2D eigenvalue weighted by molar-refractivity contribution is -0.142. The summed E-state index contributed by atoms with van der Waals surface area (Å²) in [6.07, 6.45) is 7.10. The van der Waals surface area contributed by atoms with E-state index in [0.717, 1.165) is 31.6 Å². The maximum Gasteiger partial charge on any atom is 0.328 e.